The number of benzene rings is 2. The molecule has 2 aromatic carbocycles. The molecule has 0 fully saturated rings. The van der Waals surface area contributed by atoms with Crippen molar-refractivity contribution in [3.05, 3.63) is 71.0 Å². The highest BCUT2D eigenvalue weighted by molar-refractivity contribution is 5.89. The molecule has 3 aromatic rings. The van der Waals surface area contributed by atoms with Crippen LogP contribution in [0.4, 0.5) is 0 Å². The lowest BCUT2D eigenvalue weighted by Gasteiger charge is -2.18. The molecule has 0 radical (unpaired) electrons. The van der Waals surface area contributed by atoms with E-state index in [4.69, 9.17) is 9.15 Å². The van der Waals surface area contributed by atoms with Gasteiger partial charge in [-0.2, -0.15) is 0 Å². The lowest BCUT2D eigenvalue weighted by atomic mass is 10.0. The second kappa shape index (κ2) is 8.08. The second-order valence-electron chi connectivity index (χ2n) is 6.63. The summed E-state index contributed by atoms with van der Waals surface area (Å²) in [5, 5.41) is 3.89. The standard InChI is InChI=1S/C22H23NO4/c1-14-9-10-18-17(13-27-22(18)15(14)2)11-20(24)23-19(12-21(25)26-3)16-7-5-4-6-8-16/h4-10,13,19H,11-12H2,1-3H3,(H,23,24)/t19-/m0/s1. The molecule has 140 valence electrons. The Labute approximate surface area is 158 Å². The summed E-state index contributed by atoms with van der Waals surface area (Å²) in [4.78, 5) is 24.4. The molecule has 0 saturated carbocycles. The number of fused-ring (bicyclic) bond motifs is 1. The minimum atomic E-state index is -0.437. The zero-order valence-corrected chi connectivity index (χ0v) is 15.7. The van der Waals surface area contributed by atoms with E-state index in [1.807, 2.05) is 56.3 Å². The number of methoxy groups -OCH3 is 1. The number of furan rings is 1. The van der Waals surface area contributed by atoms with E-state index in [0.717, 1.165) is 33.2 Å². The summed E-state index contributed by atoms with van der Waals surface area (Å²) in [7, 11) is 1.34. The summed E-state index contributed by atoms with van der Waals surface area (Å²) in [6, 6.07) is 13.0. The molecule has 0 spiro atoms. The Balaban J connectivity index is 1.78. The van der Waals surface area contributed by atoms with Crippen LogP contribution >= 0.6 is 0 Å². The SMILES string of the molecule is COC(=O)C[C@H](NC(=O)Cc1coc2c(C)c(C)ccc12)c1ccccc1. The molecule has 5 heteroatoms. The van der Waals surface area contributed by atoms with Crippen molar-refractivity contribution in [2.45, 2.75) is 32.7 Å². The van der Waals surface area contributed by atoms with E-state index >= 15 is 0 Å². The van der Waals surface area contributed by atoms with Crippen LogP contribution in [-0.2, 0) is 20.7 Å². The van der Waals surface area contributed by atoms with Crippen LogP contribution in [0.3, 0.4) is 0 Å². The van der Waals surface area contributed by atoms with Crippen molar-refractivity contribution in [1.82, 2.24) is 5.32 Å². The van der Waals surface area contributed by atoms with Gasteiger partial charge in [-0.25, -0.2) is 0 Å². The van der Waals surface area contributed by atoms with E-state index in [1.165, 1.54) is 7.11 Å². The van der Waals surface area contributed by atoms with Gasteiger partial charge in [-0.15, -0.1) is 0 Å². The number of carbonyl (C=O) groups is 2. The average Bonchev–Trinajstić information content (AvgIpc) is 3.08. The third kappa shape index (κ3) is 4.19. The maximum absolute atomic E-state index is 12.7. The van der Waals surface area contributed by atoms with Gasteiger partial charge in [-0.3, -0.25) is 9.59 Å². The van der Waals surface area contributed by atoms with Gasteiger partial charge in [0.25, 0.3) is 0 Å². The van der Waals surface area contributed by atoms with Gasteiger partial charge >= 0.3 is 5.97 Å². The zero-order chi connectivity index (χ0) is 19.4. The molecular formula is C22H23NO4. The highest BCUT2D eigenvalue weighted by Gasteiger charge is 2.20. The van der Waals surface area contributed by atoms with Crippen LogP contribution in [0.1, 0.15) is 34.7 Å². The van der Waals surface area contributed by atoms with E-state index in [2.05, 4.69) is 5.32 Å². The second-order valence-corrected chi connectivity index (χ2v) is 6.63. The molecule has 1 aromatic heterocycles. The Kier molecular flexibility index (Phi) is 5.60. The maximum atomic E-state index is 12.7. The molecule has 1 amide bonds. The molecule has 1 N–H and O–H groups in total. The number of amides is 1. The molecule has 0 unspecified atom stereocenters. The highest BCUT2D eigenvalue weighted by Crippen LogP contribution is 2.27. The number of hydrogen-bond donors (Lipinski definition) is 1. The van der Waals surface area contributed by atoms with Crippen LogP contribution in [0.2, 0.25) is 0 Å². The summed E-state index contributed by atoms with van der Waals surface area (Å²) in [6.07, 6.45) is 1.89. The Morgan fingerprint density at radius 2 is 1.85 bits per heavy atom. The fourth-order valence-corrected chi connectivity index (χ4v) is 3.13. The van der Waals surface area contributed by atoms with Crippen LogP contribution in [0, 0.1) is 13.8 Å². The van der Waals surface area contributed by atoms with Gasteiger partial charge in [0.15, 0.2) is 0 Å². The van der Waals surface area contributed by atoms with Gasteiger partial charge in [0, 0.05) is 10.9 Å². The minimum Gasteiger partial charge on any atom is -0.469 e. The molecule has 0 bridgehead atoms. The molecule has 1 atom stereocenters. The molecule has 0 aliphatic rings. The maximum Gasteiger partial charge on any atom is 0.307 e. The van der Waals surface area contributed by atoms with Crippen molar-refractivity contribution in [3.8, 4) is 0 Å². The fraction of sp³-hybridized carbons (Fsp3) is 0.273. The van der Waals surface area contributed by atoms with Crippen molar-refractivity contribution in [1.29, 1.82) is 0 Å². The predicted octanol–water partition coefficient (Wildman–Crippen LogP) is 4.01. The Morgan fingerprint density at radius 3 is 2.56 bits per heavy atom. The lowest BCUT2D eigenvalue weighted by Crippen LogP contribution is -2.31. The molecule has 0 aliphatic carbocycles. The van der Waals surface area contributed by atoms with Crippen LogP contribution in [-0.4, -0.2) is 19.0 Å². The number of ether oxygens (including phenoxy) is 1. The zero-order valence-electron chi connectivity index (χ0n) is 15.7. The fourth-order valence-electron chi connectivity index (χ4n) is 3.13. The van der Waals surface area contributed by atoms with E-state index in [-0.39, 0.29) is 24.7 Å². The number of nitrogens with one attached hydrogen (secondary N) is 1. The summed E-state index contributed by atoms with van der Waals surface area (Å²) in [5.74, 6) is -0.544. The Morgan fingerprint density at radius 1 is 1.11 bits per heavy atom. The molecule has 0 aliphatic heterocycles. The van der Waals surface area contributed by atoms with E-state index in [1.54, 1.807) is 6.26 Å². The lowest BCUT2D eigenvalue weighted by molar-refractivity contribution is -0.141. The van der Waals surface area contributed by atoms with Crippen molar-refractivity contribution >= 4 is 22.8 Å². The van der Waals surface area contributed by atoms with Gasteiger partial charge in [0.2, 0.25) is 5.91 Å². The number of aryl methyl sites for hydroxylation is 2. The number of carbonyl (C=O) groups excluding carboxylic acids is 2. The summed E-state index contributed by atoms with van der Waals surface area (Å²) in [6.45, 7) is 4.04. The van der Waals surface area contributed by atoms with Gasteiger partial charge < -0.3 is 14.5 Å². The molecule has 1 heterocycles. The normalized spacial score (nSPS) is 12.0. The summed E-state index contributed by atoms with van der Waals surface area (Å²) < 4.78 is 10.4. The van der Waals surface area contributed by atoms with Crippen molar-refractivity contribution in [2.24, 2.45) is 0 Å². The molecule has 27 heavy (non-hydrogen) atoms. The average molecular weight is 365 g/mol. The largest absolute Gasteiger partial charge is 0.469 e. The quantitative estimate of drug-likeness (QED) is 0.670. The Bertz CT molecular complexity index is 959. The Hall–Kier alpha value is -3.08. The van der Waals surface area contributed by atoms with Crippen LogP contribution in [0.5, 0.6) is 0 Å². The van der Waals surface area contributed by atoms with E-state index in [9.17, 15) is 9.59 Å². The first-order chi connectivity index (χ1) is 13.0. The molecular weight excluding hydrogens is 342 g/mol. The highest BCUT2D eigenvalue weighted by atomic mass is 16.5. The topological polar surface area (TPSA) is 68.5 Å². The number of rotatable bonds is 6. The van der Waals surface area contributed by atoms with E-state index < -0.39 is 6.04 Å². The van der Waals surface area contributed by atoms with Crippen LogP contribution in [0.25, 0.3) is 11.0 Å². The van der Waals surface area contributed by atoms with Gasteiger partial charge in [-0.1, -0.05) is 42.5 Å². The number of hydrogen-bond acceptors (Lipinski definition) is 4. The van der Waals surface area contributed by atoms with Crippen LogP contribution < -0.4 is 5.32 Å². The van der Waals surface area contributed by atoms with Crippen molar-refractivity contribution in [2.75, 3.05) is 7.11 Å². The smallest absolute Gasteiger partial charge is 0.307 e. The van der Waals surface area contributed by atoms with Gasteiger partial charge in [0.1, 0.15) is 5.58 Å². The third-order valence-electron chi connectivity index (χ3n) is 4.83. The first-order valence-electron chi connectivity index (χ1n) is 8.87. The van der Waals surface area contributed by atoms with Crippen molar-refractivity contribution < 1.29 is 18.7 Å². The number of esters is 1. The first-order valence-corrected chi connectivity index (χ1v) is 8.87. The third-order valence-corrected chi connectivity index (χ3v) is 4.83. The molecule has 3 rings (SSSR count). The minimum absolute atomic E-state index is 0.0801. The molecule has 5 nitrogen and oxygen atoms in total. The first kappa shape index (κ1) is 18.7. The van der Waals surface area contributed by atoms with E-state index in [0.29, 0.717) is 0 Å². The van der Waals surface area contributed by atoms with Gasteiger partial charge in [-0.05, 0) is 30.5 Å². The van der Waals surface area contributed by atoms with Crippen LogP contribution in [0.15, 0.2) is 53.1 Å². The molecule has 0 saturated heterocycles. The summed E-state index contributed by atoms with van der Waals surface area (Å²) >= 11 is 0. The monoisotopic (exact) mass is 365 g/mol. The van der Waals surface area contributed by atoms with Gasteiger partial charge in [0.05, 0.1) is 32.3 Å². The van der Waals surface area contributed by atoms with Crippen molar-refractivity contribution in [3.63, 3.8) is 0 Å². The predicted molar refractivity (Wildman–Crippen MR) is 103 cm³/mol. The summed E-state index contributed by atoms with van der Waals surface area (Å²) in [5.41, 5.74) is 4.73.